The van der Waals surface area contributed by atoms with Crippen LogP contribution in [0.3, 0.4) is 0 Å². The number of anilines is 1. The highest BCUT2D eigenvalue weighted by atomic mass is 16.5. The molecule has 0 spiro atoms. The molecule has 0 bridgehead atoms. The Morgan fingerprint density at radius 1 is 1.07 bits per heavy atom. The lowest BCUT2D eigenvalue weighted by Gasteiger charge is -2.11. The van der Waals surface area contributed by atoms with Crippen LogP contribution >= 0.6 is 0 Å². The van der Waals surface area contributed by atoms with Gasteiger partial charge in [0, 0.05) is 11.3 Å². The van der Waals surface area contributed by atoms with Crippen LogP contribution in [0.15, 0.2) is 59.4 Å². The third-order valence-corrected chi connectivity index (χ3v) is 4.50. The number of amides is 1. The molecule has 4 rings (SSSR count). The lowest BCUT2D eigenvalue weighted by atomic mass is 10.1. The molecule has 28 heavy (non-hydrogen) atoms. The minimum absolute atomic E-state index is 0.196. The summed E-state index contributed by atoms with van der Waals surface area (Å²) in [4.78, 5) is 20.6. The van der Waals surface area contributed by atoms with Gasteiger partial charge in [-0.1, -0.05) is 47.6 Å². The summed E-state index contributed by atoms with van der Waals surface area (Å²) >= 11 is 0. The van der Waals surface area contributed by atoms with Gasteiger partial charge in [0.15, 0.2) is 6.61 Å². The van der Waals surface area contributed by atoms with Gasteiger partial charge in [-0.15, -0.1) is 0 Å². The predicted octanol–water partition coefficient (Wildman–Crippen LogP) is 3.92. The van der Waals surface area contributed by atoms with Crippen molar-refractivity contribution in [2.24, 2.45) is 0 Å². The Hall–Kier alpha value is -3.74. The maximum atomic E-state index is 12.4. The third-order valence-electron chi connectivity index (χ3n) is 4.50. The molecule has 7 nitrogen and oxygen atoms in total. The SMILES string of the molecule is Cc1cccc(NC(=O)COc2ncnc3onc(-c4ccccc4)c23)c1C. The number of benzene rings is 2. The number of carbonyl (C=O) groups is 1. The van der Waals surface area contributed by atoms with Crippen LogP contribution in [0.4, 0.5) is 5.69 Å². The lowest BCUT2D eigenvalue weighted by molar-refractivity contribution is -0.118. The first-order chi connectivity index (χ1) is 13.6. The maximum Gasteiger partial charge on any atom is 0.265 e. The highest BCUT2D eigenvalue weighted by Gasteiger charge is 2.18. The standard InChI is InChI=1S/C21H18N4O3/c1-13-7-6-10-16(14(13)2)24-17(26)11-27-20-18-19(15-8-4-3-5-9-15)25-28-21(18)23-12-22-20/h3-10,12H,11H2,1-2H3,(H,24,26). The molecule has 0 aliphatic carbocycles. The van der Waals surface area contributed by atoms with Gasteiger partial charge in [-0.25, -0.2) is 4.98 Å². The molecule has 140 valence electrons. The first-order valence-electron chi connectivity index (χ1n) is 8.78. The Bertz CT molecular complexity index is 1140. The van der Waals surface area contributed by atoms with Gasteiger partial charge in [-0.2, -0.15) is 4.98 Å². The smallest absolute Gasteiger partial charge is 0.265 e. The van der Waals surface area contributed by atoms with Crippen LogP contribution in [0.1, 0.15) is 11.1 Å². The number of rotatable bonds is 5. The van der Waals surface area contributed by atoms with Gasteiger partial charge in [0.25, 0.3) is 11.6 Å². The number of fused-ring (bicyclic) bond motifs is 1. The minimum Gasteiger partial charge on any atom is -0.467 e. The normalized spacial score (nSPS) is 10.8. The van der Waals surface area contributed by atoms with Crippen molar-refractivity contribution in [2.45, 2.75) is 13.8 Å². The largest absolute Gasteiger partial charge is 0.467 e. The summed E-state index contributed by atoms with van der Waals surface area (Å²) in [5, 5.41) is 7.48. The van der Waals surface area contributed by atoms with Gasteiger partial charge < -0.3 is 14.6 Å². The Morgan fingerprint density at radius 2 is 1.89 bits per heavy atom. The lowest BCUT2D eigenvalue weighted by Crippen LogP contribution is -2.21. The molecule has 0 aliphatic rings. The number of ether oxygens (including phenoxy) is 1. The number of aryl methyl sites for hydroxylation is 1. The molecule has 1 amide bonds. The van der Waals surface area contributed by atoms with Gasteiger partial charge in [0.1, 0.15) is 17.4 Å². The van der Waals surface area contributed by atoms with E-state index in [0.29, 0.717) is 16.8 Å². The van der Waals surface area contributed by atoms with Crippen molar-refractivity contribution in [3.8, 4) is 17.1 Å². The molecule has 0 fully saturated rings. The molecule has 2 aromatic carbocycles. The Morgan fingerprint density at radius 3 is 2.71 bits per heavy atom. The molecule has 0 aliphatic heterocycles. The first-order valence-corrected chi connectivity index (χ1v) is 8.78. The molecule has 0 saturated heterocycles. The van der Waals surface area contributed by atoms with Gasteiger partial charge in [-0.05, 0) is 31.0 Å². The number of hydrogen-bond donors (Lipinski definition) is 1. The van der Waals surface area contributed by atoms with E-state index in [4.69, 9.17) is 9.26 Å². The Kier molecular flexibility index (Phi) is 4.72. The van der Waals surface area contributed by atoms with Crippen molar-refractivity contribution >= 4 is 22.7 Å². The van der Waals surface area contributed by atoms with Crippen molar-refractivity contribution in [2.75, 3.05) is 11.9 Å². The fraction of sp³-hybridized carbons (Fsp3) is 0.143. The molecule has 4 aromatic rings. The number of aromatic nitrogens is 3. The molecular formula is C21H18N4O3. The van der Waals surface area contributed by atoms with Crippen LogP contribution in [0.2, 0.25) is 0 Å². The molecule has 0 unspecified atom stereocenters. The molecule has 0 radical (unpaired) electrons. The Balaban J connectivity index is 1.56. The fourth-order valence-electron chi connectivity index (χ4n) is 2.87. The average Bonchev–Trinajstić information content (AvgIpc) is 3.15. The maximum absolute atomic E-state index is 12.4. The molecular weight excluding hydrogens is 356 g/mol. The zero-order chi connectivity index (χ0) is 19.5. The predicted molar refractivity (Wildman–Crippen MR) is 105 cm³/mol. The van der Waals surface area contributed by atoms with E-state index in [9.17, 15) is 4.79 Å². The monoisotopic (exact) mass is 374 g/mol. The summed E-state index contributed by atoms with van der Waals surface area (Å²) in [7, 11) is 0. The second-order valence-corrected chi connectivity index (χ2v) is 6.34. The highest BCUT2D eigenvalue weighted by molar-refractivity contribution is 5.95. The number of carbonyl (C=O) groups excluding carboxylic acids is 1. The fourth-order valence-corrected chi connectivity index (χ4v) is 2.87. The number of hydrogen-bond acceptors (Lipinski definition) is 6. The van der Waals surface area contributed by atoms with Crippen molar-refractivity contribution in [1.82, 2.24) is 15.1 Å². The summed E-state index contributed by atoms with van der Waals surface area (Å²) < 4.78 is 11.0. The van der Waals surface area contributed by atoms with E-state index in [1.807, 2.05) is 62.4 Å². The number of nitrogens with zero attached hydrogens (tertiary/aromatic N) is 3. The van der Waals surface area contributed by atoms with E-state index in [-0.39, 0.29) is 18.4 Å². The van der Waals surface area contributed by atoms with Crippen molar-refractivity contribution in [1.29, 1.82) is 0 Å². The second-order valence-electron chi connectivity index (χ2n) is 6.34. The van der Waals surface area contributed by atoms with E-state index in [0.717, 1.165) is 22.4 Å². The summed E-state index contributed by atoms with van der Waals surface area (Å²) in [6.07, 6.45) is 1.32. The van der Waals surface area contributed by atoms with E-state index in [1.165, 1.54) is 6.33 Å². The molecule has 1 N–H and O–H groups in total. The number of nitrogens with one attached hydrogen (secondary N) is 1. The molecule has 2 aromatic heterocycles. The highest BCUT2D eigenvalue weighted by Crippen LogP contribution is 2.32. The minimum atomic E-state index is -0.279. The van der Waals surface area contributed by atoms with Gasteiger partial charge in [0.05, 0.1) is 0 Å². The topological polar surface area (TPSA) is 90.1 Å². The molecule has 0 atom stereocenters. The van der Waals surface area contributed by atoms with Gasteiger partial charge >= 0.3 is 0 Å². The van der Waals surface area contributed by atoms with Gasteiger partial charge in [0.2, 0.25) is 5.88 Å². The Labute approximate surface area is 161 Å². The van der Waals surface area contributed by atoms with Crippen LogP contribution in [0, 0.1) is 13.8 Å². The van der Waals surface area contributed by atoms with Gasteiger partial charge in [-0.3, -0.25) is 4.79 Å². The first kappa shape index (κ1) is 17.7. The summed E-state index contributed by atoms with van der Waals surface area (Å²) in [6.45, 7) is 3.76. The van der Waals surface area contributed by atoms with Crippen molar-refractivity contribution in [3.63, 3.8) is 0 Å². The quantitative estimate of drug-likeness (QED) is 0.569. The van der Waals surface area contributed by atoms with Crippen molar-refractivity contribution < 1.29 is 14.1 Å². The van der Waals surface area contributed by atoms with Crippen LogP contribution in [-0.2, 0) is 4.79 Å². The van der Waals surface area contributed by atoms with E-state index >= 15 is 0 Å². The summed E-state index contributed by atoms with van der Waals surface area (Å²) in [6, 6.07) is 15.3. The zero-order valence-corrected chi connectivity index (χ0v) is 15.5. The van der Waals surface area contributed by atoms with E-state index < -0.39 is 0 Å². The molecule has 2 heterocycles. The van der Waals surface area contributed by atoms with Crippen LogP contribution in [0.5, 0.6) is 5.88 Å². The zero-order valence-electron chi connectivity index (χ0n) is 15.5. The van der Waals surface area contributed by atoms with Crippen molar-refractivity contribution in [3.05, 3.63) is 66.0 Å². The third kappa shape index (κ3) is 3.42. The van der Waals surface area contributed by atoms with E-state index in [2.05, 4.69) is 20.4 Å². The average molecular weight is 374 g/mol. The second kappa shape index (κ2) is 7.48. The van der Waals surface area contributed by atoms with Crippen LogP contribution in [-0.4, -0.2) is 27.6 Å². The van der Waals surface area contributed by atoms with Crippen LogP contribution < -0.4 is 10.1 Å². The molecule has 0 saturated carbocycles. The van der Waals surface area contributed by atoms with Crippen LogP contribution in [0.25, 0.3) is 22.4 Å². The summed E-state index contributed by atoms with van der Waals surface area (Å²) in [5.41, 5.74) is 4.61. The summed E-state index contributed by atoms with van der Waals surface area (Å²) in [5.74, 6) is -0.0283. The molecule has 7 heteroatoms. The van der Waals surface area contributed by atoms with E-state index in [1.54, 1.807) is 0 Å².